The molecular formula is C20H19FN6O. The van der Waals surface area contributed by atoms with Gasteiger partial charge in [-0.15, -0.1) is 0 Å². The molecule has 0 atom stereocenters. The molecule has 0 fully saturated rings. The first-order valence-electron chi connectivity index (χ1n) is 8.89. The van der Waals surface area contributed by atoms with Gasteiger partial charge in [-0.1, -0.05) is 0 Å². The minimum atomic E-state index is -0.497. The van der Waals surface area contributed by atoms with Gasteiger partial charge in [0, 0.05) is 34.9 Å². The predicted octanol–water partition coefficient (Wildman–Crippen LogP) is 3.01. The number of carbonyl (C=O) groups excluding carboxylic acids is 1. The van der Waals surface area contributed by atoms with Crippen LogP contribution >= 0.6 is 0 Å². The average molecular weight is 378 g/mol. The molecule has 0 unspecified atom stereocenters. The number of rotatable bonds is 5. The molecule has 28 heavy (non-hydrogen) atoms. The topological polar surface area (TPSA) is 88.5 Å². The maximum Gasteiger partial charge on any atom is 0.251 e. The van der Waals surface area contributed by atoms with Gasteiger partial charge >= 0.3 is 0 Å². The van der Waals surface area contributed by atoms with Gasteiger partial charge in [-0.3, -0.25) is 9.48 Å². The molecule has 0 aliphatic heterocycles. The molecule has 0 radical (unpaired) electrons. The Labute approximate surface area is 160 Å². The van der Waals surface area contributed by atoms with E-state index in [0.29, 0.717) is 30.0 Å². The van der Waals surface area contributed by atoms with Gasteiger partial charge in [-0.05, 0) is 44.2 Å². The van der Waals surface area contributed by atoms with Crippen LogP contribution in [0.15, 0.2) is 42.9 Å². The van der Waals surface area contributed by atoms with Crippen LogP contribution in [0.3, 0.4) is 0 Å². The monoisotopic (exact) mass is 378 g/mol. The number of amides is 1. The van der Waals surface area contributed by atoms with E-state index in [4.69, 9.17) is 0 Å². The minimum absolute atomic E-state index is 0.241. The highest BCUT2D eigenvalue weighted by molar-refractivity contribution is 5.97. The summed E-state index contributed by atoms with van der Waals surface area (Å²) in [5.41, 5.74) is 3.95. The zero-order chi connectivity index (χ0) is 19.7. The predicted molar refractivity (Wildman–Crippen MR) is 103 cm³/mol. The number of fused-ring (bicyclic) bond motifs is 1. The summed E-state index contributed by atoms with van der Waals surface area (Å²) in [4.78, 5) is 23.9. The number of benzene rings is 1. The fourth-order valence-corrected chi connectivity index (χ4v) is 3.24. The van der Waals surface area contributed by atoms with Crippen LogP contribution in [0.4, 0.5) is 4.39 Å². The van der Waals surface area contributed by atoms with Crippen LogP contribution < -0.4 is 5.32 Å². The Kier molecular flexibility index (Phi) is 4.60. The molecule has 4 rings (SSSR count). The van der Waals surface area contributed by atoms with E-state index in [0.717, 1.165) is 16.8 Å². The van der Waals surface area contributed by atoms with Gasteiger partial charge in [0.1, 0.15) is 17.8 Å². The molecule has 0 spiro atoms. The Balaban J connectivity index is 1.54. The number of H-pyrrole nitrogens is 1. The normalized spacial score (nSPS) is 11.1. The Morgan fingerprint density at radius 3 is 2.86 bits per heavy atom. The zero-order valence-corrected chi connectivity index (χ0v) is 15.5. The molecule has 4 aromatic rings. The summed E-state index contributed by atoms with van der Waals surface area (Å²) in [6.07, 6.45) is 3.15. The Morgan fingerprint density at radius 1 is 1.21 bits per heavy atom. The first kappa shape index (κ1) is 17.8. The fourth-order valence-electron chi connectivity index (χ4n) is 3.24. The molecule has 3 heterocycles. The van der Waals surface area contributed by atoms with Crippen LogP contribution in [0.2, 0.25) is 0 Å². The second-order valence-electron chi connectivity index (χ2n) is 6.60. The summed E-state index contributed by atoms with van der Waals surface area (Å²) in [5.74, 6) is -0.842. The SMILES string of the molecule is Cc1cc(C)n(CCNC(=O)c2cc(F)cc(-c3ncnc4[nH]ccc34)c2)n1. The van der Waals surface area contributed by atoms with Crippen molar-refractivity contribution in [3.05, 3.63) is 65.6 Å². The van der Waals surface area contributed by atoms with Crippen LogP contribution in [0.1, 0.15) is 21.7 Å². The van der Waals surface area contributed by atoms with Crippen molar-refractivity contribution in [2.24, 2.45) is 0 Å². The van der Waals surface area contributed by atoms with Crippen LogP contribution in [-0.2, 0) is 6.54 Å². The van der Waals surface area contributed by atoms with Gasteiger partial charge in [0.2, 0.25) is 0 Å². The van der Waals surface area contributed by atoms with Gasteiger partial charge in [0.15, 0.2) is 0 Å². The molecule has 2 N–H and O–H groups in total. The third-order valence-electron chi connectivity index (χ3n) is 4.50. The Morgan fingerprint density at radius 2 is 2.07 bits per heavy atom. The first-order chi connectivity index (χ1) is 13.5. The van der Waals surface area contributed by atoms with Crippen molar-refractivity contribution in [3.63, 3.8) is 0 Å². The van der Waals surface area contributed by atoms with E-state index in [1.54, 1.807) is 12.3 Å². The lowest BCUT2D eigenvalue weighted by atomic mass is 10.0. The maximum atomic E-state index is 14.2. The van der Waals surface area contributed by atoms with Gasteiger partial charge in [-0.2, -0.15) is 5.10 Å². The third-order valence-corrected chi connectivity index (χ3v) is 4.50. The molecule has 0 bridgehead atoms. The van der Waals surface area contributed by atoms with Crippen molar-refractivity contribution in [3.8, 4) is 11.3 Å². The van der Waals surface area contributed by atoms with Gasteiger partial charge in [0.25, 0.3) is 5.91 Å². The molecule has 1 amide bonds. The van der Waals surface area contributed by atoms with E-state index < -0.39 is 5.82 Å². The quantitative estimate of drug-likeness (QED) is 0.559. The lowest BCUT2D eigenvalue weighted by molar-refractivity contribution is 0.0951. The minimum Gasteiger partial charge on any atom is -0.350 e. The lowest BCUT2D eigenvalue weighted by Crippen LogP contribution is -2.28. The number of nitrogens with one attached hydrogen (secondary N) is 2. The number of aromatic nitrogens is 5. The summed E-state index contributed by atoms with van der Waals surface area (Å²) in [6, 6.07) is 8.02. The molecule has 0 saturated carbocycles. The highest BCUT2D eigenvalue weighted by Crippen LogP contribution is 2.26. The van der Waals surface area contributed by atoms with Gasteiger partial charge in [0.05, 0.1) is 17.9 Å². The molecule has 1 aromatic carbocycles. The summed E-state index contributed by atoms with van der Waals surface area (Å²) < 4.78 is 16.0. The zero-order valence-electron chi connectivity index (χ0n) is 15.5. The molecule has 0 aliphatic rings. The highest BCUT2D eigenvalue weighted by atomic mass is 19.1. The molecule has 0 aliphatic carbocycles. The van der Waals surface area contributed by atoms with Crippen LogP contribution in [0, 0.1) is 19.7 Å². The number of aromatic amines is 1. The smallest absolute Gasteiger partial charge is 0.251 e. The van der Waals surface area contributed by atoms with Crippen molar-refractivity contribution in [1.82, 2.24) is 30.0 Å². The van der Waals surface area contributed by atoms with E-state index in [9.17, 15) is 9.18 Å². The summed E-state index contributed by atoms with van der Waals surface area (Å²) in [6.45, 7) is 4.82. The number of aryl methyl sites for hydroxylation is 2. The number of hydrogen-bond acceptors (Lipinski definition) is 4. The Hall–Kier alpha value is -3.55. The van der Waals surface area contributed by atoms with Gasteiger partial charge < -0.3 is 10.3 Å². The molecule has 142 valence electrons. The molecule has 0 saturated heterocycles. The average Bonchev–Trinajstić information content (AvgIpc) is 3.26. The standard InChI is InChI=1S/C20H19FN6O/c1-12-7-13(2)27(26-12)6-5-23-20(28)15-8-14(9-16(21)10-15)18-17-3-4-22-19(17)25-11-24-18/h3-4,7-11H,5-6H2,1-2H3,(H,23,28)(H,22,24,25). The molecule has 8 heteroatoms. The van der Waals surface area contributed by atoms with Crippen molar-refractivity contribution in [1.29, 1.82) is 0 Å². The number of hydrogen-bond donors (Lipinski definition) is 2. The molecule has 3 aromatic heterocycles. The van der Waals surface area contributed by atoms with Crippen molar-refractivity contribution < 1.29 is 9.18 Å². The molecular weight excluding hydrogens is 359 g/mol. The van der Waals surface area contributed by atoms with Crippen molar-refractivity contribution >= 4 is 16.9 Å². The van der Waals surface area contributed by atoms with E-state index in [1.807, 2.05) is 30.7 Å². The summed E-state index contributed by atoms with van der Waals surface area (Å²) in [7, 11) is 0. The summed E-state index contributed by atoms with van der Waals surface area (Å²) >= 11 is 0. The summed E-state index contributed by atoms with van der Waals surface area (Å²) in [5, 5.41) is 7.94. The van der Waals surface area contributed by atoms with Crippen LogP contribution in [0.5, 0.6) is 0 Å². The molecule has 7 nitrogen and oxygen atoms in total. The number of halogens is 1. The first-order valence-corrected chi connectivity index (χ1v) is 8.89. The maximum absolute atomic E-state index is 14.2. The van der Waals surface area contributed by atoms with Crippen molar-refractivity contribution in [2.75, 3.05) is 6.54 Å². The Bertz CT molecular complexity index is 1160. The van der Waals surface area contributed by atoms with E-state index in [1.165, 1.54) is 18.5 Å². The second-order valence-corrected chi connectivity index (χ2v) is 6.60. The second kappa shape index (κ2) is 7.22. The lowest BCUT2D eigenvalue weighted by Gasteiger charge is -2.09. The van der Waals surface area contributed by atoms with E-state index in [-0.39, 0.29) is 11.5 Å². The third kappa shape index (κ3) is 3.48. The van der Waals surface area contributed by atoms with Crippen LogP contribution in [-0.4, -0.2) is 37.2 Å². The van der Waals surface area contributed by atoms with Crippen LogP contribution in [0.25, 0.3) is 22.3 Å². The largest absolute Gasteiger partial charge is 0.350 e. The highest BCUT2D eigenvalue weighted by Gasteiger charge is 2.13. The van der Waals surface area contributed by atoms with E-state index >= 15 is 0 Å². The van der Waals surface area contributed by atoms with E-state index in [2.05, 4.69) is 25.4 Å². The van der Waals surface area contributed by atoms with Gasteiger partial charge in [-0.25, -0.2) is 14.4 Å². The van der Waals surface area contributed by atoms with Crippen molar-refractivity contribution in [2.45, 2.75) is 20.4 Å². The number of nitrogens with zero attached hydrogens (tertiary/aromatic N) is 4. The number of carbonyl (C=O) groups is 1. The fraction of sp³-hybridized carbons (Fsp3) is 0.200.